The van der Waals surface area contributed by atoms with E-state index in [1.807, 2.05) is 0 Å². The van der Waals surface area contributed by atoms with Gasteiger partial charge in [-0.1, -0.05) is 113 Å². The van der Waals surface area contributed by atoms with Gasteiger partial charge in [0.2, 0.25) is 0 Å². The van der Waals surface area contributed by atoms with Gasteiger partial charge in [-0.05, 0) is 53.4 Å². The van der Waals surface area contributed by atoms with Crippen LogP contribution in [0.4, 0.5) is 0 Å². The van der Waals surface area contributed by atoms with Crippen LogP contribution in [-0.2, 0) is 29.8 Å². The van der Waals surface area contributed by atoms with Crippen LogP contribution in [0.15, 0.2) is 109 Å². The SMILES string of the molecule is CCC(C)c1ccc(-c2cccc3[cH-]c(C)cc23)cc1.CC[Si](=[Zr+2])CC.CCc1cc2c(-c3ccc(C(C)CC)cc3)cccc2[cH-]1.[Cl-].[Cl-]. The Bertz CT molecular complexity index is 1850. The summed E-state index contributed by atoms with van der Waals surface area (Å²) in [5, 5.41) is 5.44. The smallest absolute Gasteiger partial charge is 0.0193 e. The van der Waals surface area contributed by atoms with Crippen molar-refractivity contribution in [2.75, 3.05) is 0 Å². The molecule has 0 nitrogen and oxygen atoms in total. The van der Waals surface area contributed by atoms with Gasteiger partial charge in [-0.25, -0.2) is 0 Å². The molecule has 0 heterocycles. The molecule has 0 saturated heterocycles. The predicted molar refractivity (Wildman–Crippen MR) is 208 cm³/mol. The molecule has 0 spiro atoms. The van der Waals surface area contributed by atoms with E-state index in [2.05, 4.69) is 165 Å². The summed E-state index contributed by atoms with van der Waals surface area (Å²) in [5.41, 5.74) is 11.2. The van der Waals surface area contributed by atoms with Gasteiger partial charge >= 0.3 is 54.7 Å². The zero-order valence-electron chi connectivity index (χ0n) is 30.8. The minimum atomic E-state index is 0. The third-order valence-electron chi connectivity index (χ3n) is 9.77. The van der Waals surface area contributed by atoms with Crippen molar-refractivity contribution < 1.29 is 48.1 Å². The molecule has 2 unspecified atom stereocenters. The van der Waals surface area contributed by atoms with Crippen LogP contribution in [0.3, 0.4) is 0 Å². The first-order chi connectivity index (χ1) is 22.7. The average molecular weight is 785 g/mol. The Hall–Kier alpha value is -2.22. The Morgan fingerprint density at radius 3 is 1.41 bits per heavy atom. The number of halogens is 2. The first kappa shape index (κ1) is 42.9. The fourth-order valence-electron chi connectivity index (χ4n) is 6.09. The molecule has 2 atom stereocenters. The molecule has 6 aromatic carbocycles. The van der Waals surface area contributed by atoms with Gasteiger partial charge in [0.25, 0.3) is 0 Å². The van der Waals surface area contributed by atoms with Gasteiger partial charge in [-0.3, -0.25) is 0 Å². The molecule has 6 rings (SSSR count). The molecule has 0 saturated carbocycles. The molecule has 0 aromatic heterocycles. The number of rotatable bonds is 9. The zero-order chi connectivity index (χ0) is 33.9. The van der Waals surface area contributed by atoms with Crippen molar-refractivity contribution in [2.24, 2.45) is 0 Å². The van der Waals surface area contributed by atoms with E-state index < -0.39 is 0 Å². The summed E-state index contributed by atoms with van der Waals surface area (Å²) in [5.74, 6) is 1.28. The van der Waals surface area contributed by atoms with Crippen molar-refractivity contribution in [1.29, 1.82) is 0 Å². The maximum absolute atomic E-state index is 2.34. The summed E-state index contributed by atoms with van der Waals surface area (Å²) in [4.78, 5) is 0. The van der Waals surface area contributed by atoms with Gasteiger partial charge in [-0.2, -0.15) is 12.1 Å². The number of hydrogen-bond acceptors (Lipinski definition) is 0. The standard InChI is InChI=1S/C21H23.C20H21.C4H10Si.2ClH.Zr/c1-4-15(3)17-9-11-18(12-10-17)20-8-6-7-19-13-16(5-2)14-21(19)20;1-4-15(3)16-8-10-17(11-9-16)19-7-5-6-18-12-14(2)13-20(18)19;1-3-5-4-2;;;/h6-15H,4-5H2,1-3H3;5-13,15H,4H2,1-3H3;3-4H2,1-2H3;2*1H;/q2*-1;;;;+2/p-2. The topological polar surface area (TPSA) is 0 Å². The molecular weight excluding hydrogens is 731 g/mol. The van der Waals surface area contributed by atoms with Gasteiger partial charge in [0.05, 0.1) is 0 Å². The maximum atomic E-state index is 2.34. The molecule has 0 aliphatic carbocycles. The summed E-state index contributed by atoms with van der Waals surface area (Å²) in [7, 11) is 0. The van der Waals surface area contributed by atoms with E-state index in [4.69, 9.17) is 0 Å². The van der Waals surface area contributed by atoms with E-state index in [1.54, 1.807) is 23.3 Å². The first-order valence-electron chi connectivity index (χ1n) is 17.8. The fourth-order valence-corrected chi connectivity index (χ4v) is 6.59. The maximum Gasteiger partial charge on any atom is -0.0193 e. The molecule has 0 N–H and O–H groups in total. The molecule has 0 amide bonds. The molecule has 0 radical (unpaired) electrons. The molecule has 6 aromatic rings. The quantitative estimate of drug-likeness (QED) is 0.103. The van der Waals surface area contributed by atoms with Crippen molar-refractivity contribution >= 4 is 27.0 Å². The third-order valence-corrected chi connectivity index (χ3v) is 16.7. The van der Waals surface area contributed by atoms with Crippen molar-refractivity contribution in [1.82, 2.24) is 0 Å². The van der Waals surface area contributed by atoms with Crippen molar-refractivity contribution in [3.8, 4) is 22.3 Å². The van der Waals surface area contributed by atoms with Crippen molar-refractivity contribution in [2.45, 2.75) is 98.6 Å². The third kappa shape index (κ3) is 11.4. The van der Waals surface area contributed by atoms with Crippen LogP contribution in [0.2, 0.25) is 12.1 Å². The summed E-state index contributed by atoms with van der Waals surface area (Å²) in [6, 6.07) is 43.5. The largest absolute Gasteiger partial charge is 1.00 e. The Morgan fingerprint density at radius 1 is 0.592 bits per heavy atom. The monoisotopic (exact) mass is 782 g/mol. The van der Waals surface area contributed by atoms with E-state index in [9.17, 15) is 0 Å². The molecule has 4 heteroatoms. The van der Waals surface area contributed by atoms with Crippen LogP contribution in [-0.4, -0.2) is 5.43 Å². The Balaban J connectivity index is 0.000000283. The summed E-state index contributed by atoms with van der Waals surface area (Å²) in [6.07, 6.45) is 3.48. The second-order valence-corrected chi connectivity index (χ2v) is 20.9. The van der Waals surface area contributed by atoms with E-state index in [0.717, 1.165) is 6.42 Å². The Kier molecular flexibility index (Phi) is 18.6. The summed E-state index contributed by atoms with van der Waals surface area (Å²) in [6.45, 7) is 18.0. The first-order valence-corrected chi connectivity index (χ1v) is 23.4. The summed E-state index contributed by atoms with van der Waals surface area (Å²) < 4.78 is 0. The minimum Gasteiger partial charge on any atom is -1.00 e. The van der Waals surface area contributed by atoms with Gasteiger partial charge in [0.15, 0.2) is 0 Å². The van der Waals surface area contributed by atoms with E-state index in [1.165, 1.54) is 91.0 Å². The van der Waals surface area contributed by atoms with Gasteiger partial charge in [0, 0.05) is 0 Å². The molecule has 258 valence electrons. The molecule has 0 aliphatic heterocycles. The molecular formula is C45H54Cl2SiZr-2. The summed E-state index contributed by atoms with van der Waals surface area (Å²) >= 11 is 1.80. The molecule has 0 fully saturated rings. The zero-order valence-corrected chi connectivity index (χ0v) is 35.8. The minimum absolute atomic E-state index is 0. The predicted octanol–water partition coefficient (Wildman–Crippen LogP) is 7.92. The molecule has 49 heavy (non-hydrogen) atoms. The van der Waals surface area contributed by atoms with Crippen molar-refractivity contribution in [3.05, 3.63) is 131 Å². The Labute approximate surface area is 325 Å². The average Bonchev–Trinajstić information content (AvgIpc) is 3.73. The van der Waals surface area contributed by atoms with Crippen molar-refractivity contribution in [3.63, 3.8) is 0 Å². The van der Waals surface area contributed by atoms with Crippen LogP contribution in [0, 0.1) is 6.92 Å². The normalized spacial score (nSPS) is 11.7. The van der Waals surface area contributed by atoms with Crippen LogP contribution in [0.25, 0.3) is 43.8 Å². The van der Waals surface area contributed by atoms with E-state index in [0.29, 0.717) is 11.8 Å². The van der Waals surface area contributed by atoms with E-state index >= 15 is 0 Å². The van der Waals surface area contributed by atoms with E-state index in [-0.39, 0.29) is 30.2 Å². The number of aryl methyl sites for hydroxylation is 2. The number of fused-ring (bicyclic) bond motifs is 2. The van der Waals surface area contributed by atoms with Crippen LogP contribution in [0.5, 0.6) is 0 Å². The molecule has 0 aliphatic rings. The second kappa shape index (κ2) is 21.2. The Morgan fingerprint density at radius 2 is 1.02 bits per heavy atom. The van der Waals surface area contributed by atoms with Gasteiger partial charge < -0.3 is 24.8 Å². The van der Waals surface area contributed by atoms with Crippen LogP contribution < -0.4 is 24.8 Å². The second-order valence-electron chi connectivity index (χ2n) is 13.0. The number of benzene rings is 4. The molecule has 0 bridgehead atoms. The number of hydrogen-bond donors (Lipinski definition) is 0. The van der Waals surface area contributed by atoms with Crippen LogP contribution in [0.1, 0.15) is 95.4 Å². The van der Waals surface area contributed by atoms with Gasteiger partial charge in [0.1, 0.15) is 0 Å². The van der Waals surface area contributed by atoms with Gasteiger partial charge in [-0.15, -0.1) is 69.1 Å². The fraction of sp³-hybridized carbons (Fsp3) is 0.333. The van der Waals surface area contributed by atoms with Crippen LogP contribution >= 0.6 is 0 Å².